The molecule has 1 aromatic heterocycles. The van der Waals surface area contributed by atoms with Crippen LogP contribution in [0, 0.1) is 0 Å². The average molecular weight is 312 g/mol. The normalized spacial score (nSPS) is 13.9. The van der Waals surface area contributed by atoms with E-state index in [1.807, 2.05) is 18.2 Å². The molecule has 120 valence electrons. The van der Waals surface area contributed by atoms with E-state index in [-0.39, 0.29) is 5.97 Å². The van der Waals surface area contributed by atoms with E-state index < -0.39 is 0 Å². The fourth-order valence-electron chi connectivity index (χ4n) is 2.54. The number of aromatic nitrogens is 2. The van der Waals surface area contributed by atoms with Gasteiger partial charge in [0, 0.05) is 25.0 Å². The molecule has 0 unspecified atom stereocenters. The molecule has 0 bridgehead atoms. The molecule has 6 nitrogen and oxygen atoms in total. The lowest BCUT2D eigenvalue weighted by Gasteiger charge is -2.15. The highest BCUT2D eigenvalue weighted by atomic mass is 16.5. The first-order chi connectivity index (χ1) is 11.3. The van der Waals surface area contributed by atoms with Crippen LogP contribution in [0.5, 0.6) is 0 Å². The standard InChI is InChI=1S/C17H20N4O2/c1-2-23-16(22)13-5-7-14(8-6-13)19-15-9-10-18-17(20-15)21-11-3-4-12-21/h5-10H,2-4,11-12H2,1H3,(H,18,19,20). The summed E-state index contributed by atoms with van der Waals surface area (Å²) in [7, 11) is 0. The van der Waals surface area contributed by atoms with E-state index in [2.05, 4.69) is 20.2 Å². The molecular weight excluding hydrogens is 292 g/mol. The quantitative estimate of drug-likeness (QED) is 0.856. The molecule has 1 aliphatic heterocycles. The fourth-order valence-corrected chi connectivity index (χ4v) is 2.54. The summed E-state index contributed by atoms with van der Waals surface area (Å²) in [5, 5.41) is 3.24. The number of nitrogens with zero attached hydrogens (tertiary/aromatic N) is 3. The Labute approximate surface area is 135 Å². The van der Waals surface area contributed by atoms with Crippen molar-refractivity contribution >= 4 is 23.4 Å². The summed E-state index contributed by atoms with van der Waals surface area (Å²) >= 11 is 0. The van der Waals surface area contributed by atoms with Crippen LogP contribution in [-0.2, 0) is 4.74 Å². The molecule has 2 aromatic rings. The van der Waals surface area contributed by atoms with Crippen molar-refractivity contribution in [3.63, 3.8) is 0 Å². The second kappa shape index (κ2) is 7.09. The van der Waals surface area contributed by atoms with Gasteiger partial charge in [-0.15, -0.1) is 0 Å². The third-order valence-electron chi connectivity index (χ3n) is 3.70. The highest BCUT2D eigenvalue weighted by molar-refractivity contribution is 5.89. The van der Waals surface area contributed by atoms with E-state index in [0.717, 1.165) is 30.5 Å². The molecule has 0 aliphatic carbocycles. The highest BCUT2D eigenvalue weighted by Gasteiger charge is 2.15. The zero-order valence-electron chi connectivity index (χ0n) is 13.2. The lowest BCUT2D eigenvalue weighted by molar-refractivity contribution is 0.0526. The van der Waals surface area contributed by atoms with Crippen LogP contribution in [0.25, 0.3) is 0 Å². The molecule has 2 heterocycles. The van der Waals surface area contributed by atoms with Crippen LogP contribution < -0.4 is 10.2 Å². The van der Waals surface area contributed by atoms with Crippen LogP contribution in [0.2, 0.25) is 0 Å². The van der Waals surface area contributed by atoms with Gasteiger partial charge in [0.2, 0.25) is 5.95 Å². The fraction of sp³-hybridized carbons (Fsp3) is 0.353. The van der Waals surface area contributed by atoms with Crippen molar-refractivity contribution in [1.29, 1.82) is 0 Å². The number of carbonyl (C=O) groups is 1. The molecule has 1 N–H and O–H groups in total. The van der Waals surface area contributed by atoms with Crippen molar-refractivity contribution in [2.75, 3.05) is 29.9 Å². The molecule has 0 amide bonds. The van der Waals surface area contributed by atoms with Gasteiger partial charge in [0.1, 0.15) is 5.82 Å². The second-order valence-electron chi connectivity index (χ2n) is 5.36. The van der Waals surface area contributed by atoms with Crippen LogP contribution in [0.3, 0.4) is 0 Å². The van der Waals surface area contributed by atoms with Crippen molar-refractivity contribution in [3.8, 4) is 0 Å². The predicted molar refractivity (Wildman–Crippen MR) is 89.2 cm³/mol. The van der Waals surface area contributed by atoms with E-state index in [1.165, 1.54) is 12.8 Å². The molecule has 6 heteroatoms. The van der Waals surface area contributed by atoms with Gasteiger partial charge in [-0.25, -0.2) is 9.78 Å². The van der Waals surface area contributed by atoms with Gasteiger partial charge in [-0.2, -0.15) is 4.98 Å². The summed E-state index contributed by atoms with van der Waals surface area (Å²) < 4.78 is 4.97. The first kappa shape index (κ1) is 15.3. The Bertz CT molecular complexity index is 667. The first-order valence-corrected chi connectivity index (χ1v) is 7.88. The average Bonchev–Trinajstić information content (AvgIpc) is 3.11. The number of hydrogen-bond donors (Lipinski definition) is 1. The van der Waals surface area contributed by atoms with Crippen LogP contribution in [-0.4, -0.2) is 35.6 Å². The number of carbonyl (C=O) groups excluding carboxylic acids is 1. The lowest BCUT2D eigenvalue weighted by atomic mass is 10.2. The second-order valence-corrected chi connectivity index (χ2v) is 5.36. The smallest absolute Gasteiger partial charge is 0.338 e. The van der Waals surface area contributed by atoms with Gasteiger partial charge in [0.15, 0.2) is 0 Å². The molecular formula is C17H20N4O2. The Morgan fingerprint density at radius 3 is 2.65 bits per heavy atom. The molecule has 3 rings (SSSR count). The maximum Gasteiger partial charge on any atom is 0.338 e. The van der Waals surface area contributed by atoms with E-state index in [4.69, 9.17) is 4.74 Å². The Balaban J connectivity index is 1.69. The Kier molecular flexibility index (Phi) is 4.71. The van der Waals surface area contributed by atoms with Gasteiger partial charge in [0.25, 0.3) is 0 Å². The topological polar surface area (TPSA) is 67.3 Å². The predicted octanol–water partition coefficient (Wildman–Crippen LogP) is 3.00. The number of esters is 1. The number of ether oxygens (including phenoxy) is 1. The minimum atomic E-state index is -0.308. The molecule has 0 radical (unpaired) electrons. The van der Waals surface area contributed by atoms with E-state index in [0.29, 0.717) is 12.2 Å². The molecule has 1 aromatic carbocycles. The Morgan fingerprint density at radius 2 is 1.96 bits per heavy atom. The third kappa shape index (κ3) is 3.77. The maximum absolute atomic E-state index is 11.6. The van der Waals surface area contributed by atoms with Crippen molar-refractivity contribution in [1.82, 2.24) is 9.97 Å². The zero-order chi connectivity index (χ0) is 16.1. The summed E-state index contributed by atoms with van der Waals surface area (Å²) in [6.45, 7) is 4.19. The van der Waals surface area contributed by atoms with Crippen molar-refractivity contribution in [3.05, 3.63) is 42.1 Å². The SMILES string of the molecule is CCOC(=O)c1ccc(Nc2ccnc(N3CCCC3)n2)cc1. The van der Waals surface area contributed by atoms with E-state index >= 15 is 0 Å². The molecule has 23 heavy (non-hydrogen) atoms. The van der Waals surface area contributed by atoms with Crippen molar-refractivity contribution in [2.45, 2.75) is 19.8 Å². The van der Waals surface area contributed by atoms with Gasteiger partial charge in [0.05, 0.1) is 12.2 Å². The van der Waals surface area contributed by atoms with Gasteiger partial charge >= 0.3 is 5.97 Å². The van der Waals surface area contributed by atoms with E-state index in [9.17, 15) is 4.79 Å². The molecule has 0 atom stereocenters. The number of hydrogen-bond acceptors (Lipinski definition) is 6. The number of rotatable bonds is 5. The largest absolute Gasteiger partial charge is 0.462 e. The number of benzene rings is 1. The maximum atomic E-state index is 11.6. The van der Waals surface area contributed by atoms with Crippen molar-refractivity contribution in [2.24, 2.45) is 0 Å². The number of nitrogens with one attached hydrogen (secondary N) is 1. The summed E-state index contributed by atoms with van der Waals surface area (Å²) in [6, 6.07) is 8.98. The van der Waals surface area contributed by atoms with Gasteiger partial charge in [-0.1, -0.05) is 0 Å². The van der Waals surface area contributed by atoms with E-state index in [1.54, 1.807) is 25.3 Å². The summed E-state index contributed by atoms with van der Waals surface area (Å²) in [4.78, 5) is 22.7. The summed E-state index contributed by atoms with van der Waals surface area (Å²) in [5.74, 6) is 1.19. The first-order valence-electron chi connectivity index (χ1n) is 7.88. The van der Waals surface area contributed by atoms with Gasteiger partial charge in [-0.05, 0) is 50.1 Å². The summed E-state index contributed by atoms with van der Waals surface area (Å²) in [6.07, 6.45) is 4.14. The van der Waals surface area contributed by atoms with Crippen LogP contribution in [0.15, 0.2) is 36.5 Å². The molecule has 1 fully saturated rings. The third-order valence-corrected chi connectivity index (χ3v) is 3.70. The highest BCUT2D eigenvalue weighted by Crippen LogP contribution is 2.20. The van der Waals surface area contributed by atoms with Crippen LogP contribution >= 0.6 is 0 Å². The Morgan fingerprint density at radius 1 is 1.22 bits per heavy atom. The molecule has 0 spiro atoms. The van der Waals surface area contributed by atoms with Crippen LogP contribution in [0.1, 0.15) is 30.1 Å². The van der Waals surface area contributed by atoms with Gasteiger partial charge in [-0.3, -0.25) is 0 Å². The van der Waals surface area contributed by atoms with Crippen molar-refractivity contribution < 1.29 is 9.53 Å². The molecule has 0 saturated carbocycles. The van der Waals surface area contributed by atoms with Gasteiger partial charge < -0.3 is 15.0 Å². The summed E-state index contributed by atoms with van der Waals surface area (Å²) in [5.41, 5.74) is 1.40. The minimum absolute atomic E-state index is 0.308. The monoisotopic (exact) mass is 312 g/mol. The zero-order valence-corrected chi connectivity index (χ0v) is 13.2. The number of anilines is 3. The lowest BCUT2D eigenvalue weighted by Crippen LogP contribution is -2.20. The van der Waals surface area contributed by atoms with Crippen LogP contribution in [0.4, 0.5) is 17.5 Å². The molecule has 1 saturated heterocycles. The Hall–Kier alpha value is -2.63. The molecule has 1 aliphatic rings. The minimum Gasteiger partial charge on any atom is -0.462 e.